The summed E-state index contributed by atoms with van der Waals surface area (Å²) < 4.78 is 22.1. The van der Waals surface area contributed by atoms with Crippen molar-refractivity contribution in [3.8, 4) is 6.07 Å². The third kappa shape index (κ3) is 4.06. The second-order valence-electron chi connectivity index (χ2n) is 5.40. The van der Waals surface area contributed by atoms with Crippen LogP contribution in [0.4, 0.5) is 5.82 Å². The molecule has 1 aliphatic heterocycles. The SMILES string of the molecule is CC(=O)OC[C@H]1O[C@@H](n2nnc(C#N)c2N)[C@H](OC(C)=O)[C@@H]1OC(C)=O. The number of ether oxygens (including phenoxy) is 4. The summed E-state index contributed by atoms with van der Waals surface area (Å²) in [5.74, 6) is -2.03. The molecule has 0 saturated carbocycles. The van der Waals surface area contributed by atoms with E-state index in [1.165, 1.54) is 13.8 Å². The average molecular weight is 367 g/mol. The maximum Gasteiger partial charge on any atom is 0.303 e. The molecule has 1 aliphatic rings. The second kappa shape index (κ2) is 7.79. The van der Waals surface area contributed by atoms with E-state index in [0.717, 1.165) is 11.6 Å². The van der Waals surface area contributed by atoms with E-state index in [1.807, 2.05) is 0 Å². The fourth-order valence-corrected chi connectivity index (χ4v) is 2.46. The topological polar surface area (TPSA) is 169 Å². The molecule has 2 heterocycles. The highest BCUT2D eigenvalue weighted by Gasteiger charge is 2.51. The quantitative estimate of drug-likeness (QED) is 0.503. The number of nitriles is 1. The lowest BCUT2D eigenvalue weighted by Crippen LogP contribution is -2.40. The summed E-state index contributed by atoms with van der Waals surface area (Å²) in [5.41, 5.74) is 5.65. The molecule has 0 radical (unpaired) electrons. The van der Waals surface area contributed by atoms with Crippen molar-refractivity contribution < 1.29 is 33.3 Å². The van der Waals surface area contributed by atoms with Crippen molar-refractivity contribution in [3.63, 3.8) is 0 Å². The average Bonchev–Trinajstić information content (AvgIpc) is 3.06. The van der Waals surface area contributed by atoms with E-state index in [4.69, 9.17) is 29.9 Å². The monoisotopic (exact) mass is 367 g/mol. The molecule has 1 fully saturated rings. The number of rotatable bonds is 5. The zero-order valence-corrected chi connectivity index (χ0v) is 14.2. The number of carbonyl (C=O) groups is 3. The van der Waals surface area contributed by atoms with Gasteiger partial charge in [0.25, 0.3) is 0 Å². The molecule has 4 atom stereocenters. The van der Waals surface area contributed by atoms with E-state index in [2.05, 4.69) is 10.3 Å². The molecule has 0 amide bonds. The van der Waals surface area contributed by atoms with Gasteiger partial charge in [-0.3, -0.25) is 14.4 Å². The minimum atomic E-state index is -1.15. The van der Waals surface area contributed by atoms with Crippen molar-refractivity contribution in [2.24, 2.45) is 0 Å². The molecule has 1 saturated heterocycles. The third-order valence-corrected chi connectivity index (χ3v) is 3.42. The van der Waals surface area contributed by atoms with Crippen LogP contribution in [0.1, 0.15) is 32.7 Å². The smallest absolute Gasteiger partial charge is 0.303 e. The van der Waals surface area contributed by atoms with E-state index in [-0.39, 0.29) is 18.1 Å². The number of carbonyl (C=O) groups excluding carboxylic acids is 3. The van der Waals surface area contributed by atoms with Gasteiger partial charge in [0.2, 0.25) is 5.69 Å². The van der Waals surface area contributed by atoms with Gasteiger partial charge in [0.15, 0.2) is 24.3 Å². The first kappa shape index (κ1) is 19.1. The largest absolute Gasteiger partial charge is 0.463 e. The molecule has 12 heteroatoms. The van der Waals surface area contributed by atoms with Crippen molar-refractivity contribution in [2.75, 3.05) is 12.3 Å². The lowest BCUT2D eigenvalue weighted by Gasteiger charge is -2.23. The fourth-order valence-electron chi connectivity index (χ4n) is 2.46. The first-order valence-electron chi connectivity index (χ1n) is 7.48. The molecule has 2 rings (SSSR count). The third-order valence-electron chi connectivity index (χ3n) is 3.42. The van der Waals surface area contributed by atoms with Crippen LogP contribution in [0.3, 0.4) is 0 Å². The fraction of sp³-hybridized carbons (Fsp3) is 0.571. The number of aromatic nitrogens is 3. The Bertz CT molecular complexity index is 755. The molecule has 0 aromatic carbocycles. The van der Waals surface area contributed by atoms with Gasteiger partial charge in [0.1, 0.15) is 18.8 Å². The van der Waals surface area contributed by atoms with Crippen LogP contribution in [0, 0.1) is 11.3 Å². The van der Waals surface area contributed by atoms with Gasteiger partial charge in [-0.05, 0) is 0 Å². The molecule has 12 nitrogen and oxygen atoms in total. The summed E-state index contributed by atoms with van der Waals surface area (Å²) in [6.45, 7) is 3.26. The van der Waals surface area contributed by atoms with Crippen molar-refractivity contribution in [1.29, 1.82) is 5.26 Å². The Morgan fingerprint density at radius 2 is 1.81 bits per heavy atom. The molecule has 140 valence electrons. The van der Waals surface area contributed by atoms with E-state index < -0.39 is 42.4 Å². The number of hydrogen-bond donors (Lipinski definition) is 1. The zero-order valence-electron chi connectivity index (χ0n) is 14.2. The second-order valence-corrected chi connectivity index (χ2v) is 5.40. The van der Waals surface area contributed by atoms with Crippen LogP contribution in [0.5, 0.6) is 0 Å². The Morgan fingerprint density at radius 1 is 1.19 bits per heavy atom. The van der Waals surface area contributed by atoms with Crippen LogP contribution >= 0.6 is 0 Å². The summed E-state index contributed by atoms with van der Waals surface area (Å²) >= 11 is 0. The first-order chi connectivity index (χ1) is 12.2. The van der Waals surface area contributed by atoms with Crippen molar-refractivity contribution >= 4 is 23.7 Å². The lowest BCUT2D eigenvalue weighted by molar-refractivity contribution is -0.166. The zero-order chi connectivity index (χ0) is 19.4. The maximum absolute atomic E-state index is 11.5. The molecule has 0 unspecified atom stereocenters. The van der Waals surface area contributed by atoms with Gasteiger partial charge in [-0.25, -0.2) is 0 Å². The molecule has 26 heavy (non-hydrogen) atoms. The van der Waals surface area contributed by atoms with Crippen LogP contribution in [0.25, 0.3) is 0 Å². The Balaban J connectivity index is 2.39. The predicted octanol–water partition coefficient (Wildman–Crippen LogP) is -0.944. The van der Waals surface area contributed by atoms with Gasteiger partial charge >= 0.3 is 17.9 Å². The number of nitrogens with two attached hydrogens (primary N) is 1. The van der Waals surface area contributed by atoms with Crippen molar-refractivity contribution in [3.05, 3.63) is 5.69 Å². The number of nitrogens with zero attached hydrogens (tertiary/aromatic N) is 4. The van der Waals surface area contributed by atoms with Gasteiger partial charge in [-0.2, -0.15) is 9.94 Å². The summed E-state index contributed by atoms with van der Waals surface area (Å²) in [6, 6.07) is 1.75. The summed E-state index contributed by atoms with van der Waals surface area (Å²) in [6.07, 6.45) is -4.33. The normalized spacial score (nSPS) is 24.5. The van der Waals surface area contributed by atoms with Gasteiger partial charge in [0.05, 0.1) is 0 Å². The minimum Gasteiger partial charge on any atom is -0.463 e. The van der Waals surface area contributed by atoms with Gasteiger partial charge in [0, 0.05) is 20.8 Å². The Kier molecular flexibility index (Phi) is 5.73. The minimum absolute atomic E-state index is 0.121. The molecule has 0 spiro atoms. The van der Waals surface area contributed by atoms with E-state index in [1.54, 1.807) is 6.07 Å². The van der Waals surface area contributed by atoms with E-state index in [9.17, 15) is 14.4 Å². The Hall–Kier alpha value is -3.20. The summed E-state index contributed by atoms with van der Waals surface area (Å²) in [4.78, 5) is 34.0. The van der Waals surface area contributed by atoms with Crippen LogP contribution in [0.15, 0.2) is 0 Å². The van der Waals surface area contributed by atoms with Crippen molar-refractivity contribution in [2.45, 2.75) is 45.3 Å². The van der Waals surface area contributed by atoms with E-state index >= 15 is 0 Å². The van der Waals surface area contributed by atoms with Crippen LogP contribution in [-0.2, 0) is 33.3 Å². The highest BCUT2D eigenvalue weighted by Crippen LogP contribution is 2.35. The molecule has 0 bridgehead atoms. The number of hydrogen-bond acceptors (Lipinski definition) is 11. The number of esters is 3. The molecule has 1 aromatic rings. The molecule has 2 N–H and O–H groups in total. The van der Waals surface area contributed by atoms with Crippen LogP contribution in [0.2, 0.25) is 0 Å². The number of nitrogen functional groups attached to an aromatic ring is 1. The van der Waals surface area contributed by atoms with Crippen LogP contribution < -0.4 is 5.73 Å². The predicted molar refractivity (Wildman–Crippen MR) is 80.8 cm³/mol. The standard InChI is InChI=1S/C14H17N5O7/c1-6(20)23-5-10-11(24-7(2)21)12(25-8(3)22)14(26-10)19-13(16)9(4-15)17-18-19/h10-12,14H,5,16H2,1-3H3/t10-,11-,12-,14-/m1/s1. The molecular weight excluding hydrogens is 350 g/mol. The Labute approximate surface area is 147 Å². The summed E-state index contributed by atoms with van der Waals surface area (Å²) in [7, 11) is 0. The van der Waals surface area contributed by atoms with Crippen molar-refractivity contribution in [1.82, 2.24) is 15.0 Å². The molecular formula is C14H17N5O7. The first-order valence-corrected chi connectivity index (χ1v) is 7.48. The highest BCUT2D eigenvalue weighted by molar-refractivity contribution is 5.68. The summed E-state index contributed by atoms with van der Waals surface area (Å²) in [5, 5.41) is 16.3. The van der Waals surface area contributed by atoms with Gasteiger partial charge in [-0.15, -0.1) is 5.10 Å². The molecule has 1 aromatic heterocycles. The van der Waals surface area contributed by atoms with Crippen LogP contribution in [-0.4, -0.2) is 57.8 Å². The van der Waals surface area contributed by atoms with Gasteiger partial charge in [-0.1, -0.05) is 5.21 Å². The highest BCUT2D eigenvalue weighted by atomic mass is 16.7. The Morgan fingerprint density at radius 3 is 2.31 bits per heavy atom. The maximum atomic E-state index is 11.5. The van der Waals surface area contributed by atoms with E-state index in [0.29, 0.717) is 0 Å². The molecule has 0 aliphatic carbocycles. The lowest BCUT2D eigenvalue weighted by atomic mass is 10.1. The van der Waals surface area contributed by atoms with Gasteiger partial charge < -0.3 is 24.7 Å². The number of anilines is 1.